The Morgan fingerprint density at radius 3 is 2.65 bits per heavy atom. The lowest BCUT2D eigenvalue weighted by molar-refractivity contribution is 0.236. The van der Waals surface area contributed by atoms with Gasteiger partial charge in [0.2, 0.25) is 0 Å². The van der Waals surface area contributed by atoms with Crippen LogP contribution in [0.4, 0.5) is 0 Å². The molecule has 1 unspecified atom stereocenters. The molecule has 0 saturated carbocycles. The molecule has 1 aromatic rings. The maximum atomic E-state index is 6.01. The second kappa shape index (κ2) is 5.91. The molecule has 0 aromatic heterocycles. The van der Waals surface area contributed by atoms with E-state index < -0.39 is 0 Å². The second-order valence-corrected chi connectivity index (χ2v) is 5.06. The van der Waals surface area contributed by atoms with Crippen molar-refractivity contribution in [2.45, 2.75) is 12.5 Å². The van der Waals surface area contributed by atoms with Crippen molar-refractivity contribution in [3.8, 4) is 5.75 Å². The highest BCUT2D eigenvalue weighted by Crippen LogP contribution is 2.32. The van der Waals surface area contributed by atoms with E-state index in [1.54, 1.807) is 18.2 Å². The van der Waals surface area contributed by atoms with Gasteiger partial charge in [-0.2, -0.15) is 0 Å². The maximum Gasteiger partial charge on any atom is 0.156 e. The summed E-state index contributed by atoms with van der Waals surface area (Å²) in [6, 6.07) is 5.65. The lowest BCUT2D eigenvalue weighted by Gasteiger charge is -2.16. The highest BCUT2D eigenvalue weighted by molar-refractivity contribution is 6.37. The summed E-state index contributed by atoms with van der Waals surface area (Å²) in [4.78, 5) is 2.29. The minimum atomic E-state index is 0.305. The number of nitrogens with two attached hydrogens (primary N) is 1. The molecule has 1 aromatic carbocycles. The van der Waals surface area contributed by atoms with Gasteiger partial charge in [0.1, 0.15) is 6.61 Å². The van der Waals surface area contributed by atoms with Gasteiger partial charge in [0.25, 0.3) is 0 Å². The van der Waals surface area contributed by atoms with Crippen LogP contribution < -0.4 is 10.5 Å². The molecule has 2 N–H and O–H groups in total. The van der Waals surface area contributed by atoms with Crippen LogP contribution in [-0.2, 0) is 0 Å². The van der Waals surface area contributed by atoms with Gasteiger partial charge in [-0.25, -0.2) is 0 Å². The molecule has 0 aliphatic carbocycles. The molecule has 5 heteroatoms. The summed E-state index contributed by atoms with van der Waals surface area (Å²) in [5.41, 5.74) is 5.83. The Kier molecular flexibility index (Phi) is 4.51. The van der Waals surface area contributed by atoms with Crippen molar-refractivity contribution < 1.29 is 4.74 Å². The lowest BCUT2D eigenvalue weighted by Crippen LogP contribution is -2.29. The van der Waals surface area contributed by atoms with E-state index in [4.69, 9.17) is 33.7 Å². The summed E-state index contributed by atoms with van der Waals surface area (Å²) < 4.78 is 5.62. The summed E-state index contributed by atoms with van der Waals surface area (Å²) >= 11 is 12.0. The topological polar surface area (TPSA) is 38.5 Å². The Morgan fingerprint density at radius 1 is 1.35 bits per heavy atom. The third-order valence-corrected chi connectivity index (χ3v) is 3.48. The Labute approximate surface area is 111 Å². The van der Waals surface area contributed by atoms with Gasteiger partial charge in [0.15, 0.2) is 5.75 Å². The van der Waals surface area contributed by atoms with Gasteiger partial charge in [0.05, 0.1) is 10.0 Å². The van der Waals surface area contributed by atoms with E-state index in [9.17, 15) is 0 Å². The number of benzene rings is 1. The maximum absolute atomic E-state index is 6.01. The smallest absolute Gasteiger partial charge is 0.156 e. The Hall–Kier alpha value is -0.480. The number of para-hydroxylation sites is 1. The third kappa shape index (κ3) is 3.49. The molecule has 1 atom stereocenters. The van der Waals surface area contributed by atoms with Crippen molar-refractivity contribution in [2.24, 2.45) is 5.73 Å². The van der Waals surface area contributed by atoms with Gasteiger partial charge in [0, 0.05) is 19.1 Å². The first-order valence-electron chi connectivity index (χ1n) is 5.71. The first kappa shape index (κ1) is 13.0. The fourth-order valence-electron chi connectivity index (χ4n) is 1.96. The molecule has 17 heavy (non-hydrogen) atoms. The van der Waals surface area contributed by atoms with Crippen LogP contribution >= 0.6 is 23.2 Å². The van der Waals surface area contributed by atoms with Gasteiger partial charge >= 0.3 is 0 Å². The summed E-state index contributed by atoms with van der Waals surface area (Å²) in [7, 11) is 0. The molecule has 1 aliphatic rings. The second-order valence-electron chi connectivity index (χ2n) is 4.25. The number of likely N-dealkylation sites (tertiary alicyclic amines) is 1. The molecule has 2 rings (SSSR count). The number of hydrogen-bond acceptors (Lipinski definition) is 3. The van der Waals surface area contributed by atoms with E-state index in [1.165, 1.54) is 0 Å². The zero-order valence-electron chi connectivity index (χ0n) is 9.53. The molecule has 1 heterocycles. The van der Waals surface area contributed by atoms with Crippen LogP contribution in [-0.4, -0.2) is 37.2 Å². The molecule has 0 spiro atoms. The minimum Gasteiger partial charge on any atom is -0.489 e. The standard InChI is InChI=1S/C12H16Cl2N2O/c13-10-2-1-3-11(14)12(10)17-7-6-16-5-4-9(15)8-16/h1-3,9H,4-8,15H2. The monoisotopic (exact) mass is 274 g/mol. The SMILES string of the molecule is NC1CCN(CCOc2c(Cl)cccc2Cl)C1. The van der Waals surface area contributed by atoms with Gasteiger partial charge in [-0.3, -0.25) is 4.90 Å². The Morgan fingerprint density at radius 2 is 2.06 bits per heavy atom. The fourth-order valence-corrected chi connectivity index (χ4v) is 2.47. The van der Waals surface area contributed by atoms with Crippen LogP contribution in [0.1, 0.15) is 6.42 Å². The van der Waals surface area contributed by atoms with Crippen molar-refractivity contribution in [1.82, 2.24) is 4.90 Å². The van der Waals surface area contributed by atoms with Crippen LogP contribution in [0.5, 0.6) is 5.75 Å². The fraction of sp³-hybridized carbons (Fsp3) is 0.500. The number of nitrogens with zero attached hydrogens (tertiary/aromatic N) is 1. The average molecular weight is 275 g/mol. The van der Waals surface area contributed by atoms with Crippen LogP contribution in [0.2, 0.25) is 10.0 Å². The van der Waals surface area contributed by atoms with Gasteiger partial charge in [-0.1, -0.05) is 29.3 Å². The highest BCUT2D eigenvalue weighted by Gasteiger charge is 2.18. The van der Waals surface area contributed by atoms with Crippen LogP contribution in [0.3, 0.4) is 0 Å². The molecule has 3 nitrogen and oxygen atoms in total. The zero-order chi connectivity index (χ0) is 12.3. The number of hydrogen-bond donors (Lipinski definition) is 1. The largest absolute Gasteiger partial charge is 0.489 e. The third-order valence-electron chi connectivity index (χ3n) is 2.88. The molecule has 1 aliphatic heterocycles. The first-order valence-corrected chi connectivity index (χ1v) is 6.47. The van der Waals surface area contributed by atoms with E-state index in [-0.39, 0.29) is 0 Å². The molecular weight excluding hydrogens is 259 g/mol. The number of halogens is 2. The quantitative estimate of drug-likeness (QED) is 0.917. The molecule has 0 radical (unpaired) electrons. The molecule has 1 fully saturated rings. The summed E-state index contributed by atoms with van der Waals surface area (Å²) in [5, 5.41) is 1.10. The molecular formula is C12H16Cl2N2O. The molecule has 0 amide bonds. The molecule has 0 bridgehead atoms. The first-order chi connectivity index (χ1) is 8.16. The van der Waals surface area contributed by atoms with Crippen molar-refractivity contribution in [1.29, 1.82) is 0 Å². The van der Waals surface area contributed by atoms with E-state index in [0.29, 0.717) is 28.4 Å². The van der Waals surface area contributed by atoms with E-state index in [2.05, 4.69) is 4.90 Å². The summed E-state index contributed by atoms with van der Waals surface area (Å²) in [6.07, 6.45) is 1.06. The zero-order valence-corrected chi connectivity index (χ0v) is 11.0. The summed E-state index contributed by atoms with van der Waals surface area (Å²) in [6.45, 7) is 3.42. The van der Waals surface area contributed by atoms with Crippen molar-refractivity contribution in [2.75, 3.05) is 26.2 Å². The number of rotatable bonds is 4. The Bertz CT molecular complexity index is 367. The lowest BCUT2D eigenvalue weighted by atomic mass is 10.3. The van der Waals surface area contributed by atoms with Crippen molar-refractivity contribution in [3.63, 3.8) is 0 Å². The van der Waals surface area contributed by atoms with Crippen LogP contribution in [0, 0.1) is 0 Å². The van der Waals surface area contributed by atoms with Gasteiger partial charge < -0.3 is 10.5 Å². The van der Waals surface area contributed by atoms with E-state index in [0.717, 1.165) is 26.1 Å². The molecule has 1 saturated heterocycles. The van der Waals surface area contributed by atoms with Gasteiger partial charge in [-0.15, -0.1) is 0 Å². The normalized spacial score (nSPS) is 20.8. The Balaban J connectivity index is 1.82. The van der Waals surface area contributed by atoms with Crippen LogP contribution in [0.25, 0.3) is 0 Å². The number of ether oxygens (including phenoxy) is 1. The highest BCUT2D eigenvalue weighted by atomic mass is 35.5. The van der Waals surface area contributed by atoms with Crippen molar-refractivity contribution in [3.05, 3.63) is 28.2 Å². The minimum absolute atomic E-state index is 0.305. The summed E-state index contributed by atoms with van der Waals surface area (Å²) in [5.74, 6) is 0.569. The van der Waals surface area contributed by atoms with Gasteiger partial charge in [-0.05, 0) is 25.1 Å². The predicted molar refractivity (Wildman–Crippen MR) is 71.0 cm³/mol. The predicted octanol–water partition coefficient (Wildman–Crippen LogP) is 2.41. The van der Waals surface area contributed by atoms with Crippen molar-refractivity contribution >= 4 is 23.2 Å². The average Bonchev–Trinajstić information content (AvgIpc) is 2.69. The van der Waals surface area contributed by atoms with Crippen LogP contribution in [0.15, 0.2) is 18.2 Å². The molecule has 94 valence electrons. The van der Waals surface area contributed by atoms with E-state index >= 15 is 0 Å². The van der Waals surface area contributed by atoms with E-state index in [1.807, 2.05) is 0 Å².